The first-order valence-corrected chi connectivity index (χ1v) is 43.3. The molecule has 0 aromatic heterocycles. The quantitative estimate of drug-likeness (QED) is 0.0361. The van der Waals surface area contributed by atoms with Crippen LogP contribution in [0.4, 0.5) is 0 Å². The summed E-state index contributed by atoms with van der Waals surface area (Å²) in [7, 11) is 0. The van der Waals surface area contributed by atoms with Gasteiger partial charge in [0.1, 0.15) is 5.92 Å². The van der Waals surface area contributed by atoms with Crippen LogP contribution in [0.3, 0.4) is 0 Å². The molecule has 14 heterocycles. The first-order chi connectivity index (χ1) is 58.9. The van der Waals surface area contributed by atoms with Crippen molar-refractivity contribution in [3.63, 3.8) is 0 Å². The zero-order chi connectivity index (χ0) is 93.3. The Labute approximate surface area is 735 Å². The van der Waals surface area contributed by atoms with Crippen molar-refractivity contribution in [1.29, 1.82) is 0 Å². The molecule has 0 aliphatic carbocycles. The predicted molar refractivity (Wildman–Crippen MR) is 483 cm³/mol. The number of hydrogen-bond acceptors (Lipinski definition) is 27. The average molecular weight is 1750 g/mol. The summed E-state index contributed by atoms with van der Waals surface area (Å²) in [6.07, 6.45) is 16.0. The second kappa shape index (κ2) is 38.8. The molecule has 686 valence electrons. The van der Waals surface area contributed by atoms with Crippen LogP contribution in [0.25, 0.3) is 0 Å². The van der Waals surface area contributed by atoms with Crippen molar-refractivity contribution in [1.82, 2.24) is 69.1 Å². The summed E-state index contributed by atoms with van der Waals surface area (Å²) in [4.78, 5) is 214. The van der Waals surface area contributed by atoms with E-state index < -0.39 is 64.0 Å². The highest BCUT2D eigenvalue weighted by Gasteiger charge is 2.71. The van der Waals surface area contributed by atoms with Crippen LogP contribution in [0.15, 0.2) is 69.9 Å². The molecular formula is C86H129N27O13. The fourth-order valence-electron chi connectivity index (χ4n) is 18.1. The van der Waals surface area contributed by atoms with Gasteiger partial charge in [-0.05, 0) is 68.2 Å². The van der Waals surface area contributed by atoms with E-state index in [2.05, 4.69) is 145 Å². The molecule has 13 amide bonds. The molecule has 126 heavy (non-hydrogen) atoms. The summed E-state index contributed by atoms with van der Waals surface area (Å²) in [5.74, 6) is -6.62. The Morgan fingerprint density at radius 3 is 0.786 bits per heavy atom. The lowest BCUT2D eigenvalue weighted by molar-refractivity contribution is -0.151. The number of hydrogen-bond donors (Lipinski definition) is 13. The van der Waals surface area contributed by atoms with Crippen LogP contribution in [0.1, 0.15) is 261 Å². The van der Waals surface area contributed by atoms with Crippen molar-refractivity contribution in [2.45, 2.75) is 301 Å². The number of carbonyl (C=O) groups excluding carboxylic acids is 13. The van der Waals surface area contributed by atoms with Crippen molar-refractivity contribution >= 4 is 157 Å². The molecule has 0 aromatic carbocycles. The molecule has 0 radical (unpaired) electrons. The van der Waals surface area contributed by atoms with Crippen LogP contribution in [0.5, 0.6) is 0 Å². The van der Waals surface area contributed by atoms with Crippen molar-refractivity contribution < 1.29 is 62.3 Å². The van der Waals surface area contributed by atoms with Crippen molar-refractivity contribution in [3.05, 3.63) is 0 Å². The van der Waals surface area contributed by atoms with Crippen molar-refractivity contribution in [2.75, 3.05) is 46.6 Å². The first kappa shape index (κ1) is 98.3. The zero-order valence-electron chi connectivity index (χ0n) is 77.2. The second-order valence-corrected chi connectivity index (χ2v) is 36.1. The molecule has 7 spiro atoms. The lowest BCUT2D eigenvalue weighted by Crippen LogP contribution is -2.71. The summed E-state index contributed by atoms with van der Waals surface area (Å²) in [5, 5.41) is 30.6. The van der Waals surface area contributed by atoms with Gasteiger partial charge in [-0.15, -0.1) is 0 Å². The molecule has 0 bridgehead atoms. The number of carbonyl (C=O) groups is 13. The van der Waals surface area contributed by atoms with Gasteiger partial charge in [-0.1, -0.05) is 48.5 Å². The van der Waals surface area contributed by atoms with E-state index in [1.54, 1.807) is 6.92 Å². The summed E-state index contributed by atoms with van der Waals surface area (Å²) in [6.45, 7) is 39.6. The normalized spacial score (nSPS) is 26.0. The standard InChI is InChI=1S/C29H36N8.C23H30N6.C14H24N6O6.C10H18N4O4.C6H12N2O2.C4H9NO/c1-7-19-11-28(33-19)12-20(34-28)24(5,6)29(21-13-25(35-21)8-16(2)30-25,22-14-26(36-22)9-17(3)31-26)23-15-27(37-23)10-18(4)32-27;1-6-15-9-23(26-15)12-18(29-23)20(4,5)19(16-10-21(27-16)7-13(2)24-21)17-11-22(28-17)8-14(3)25-22;1-8(21)15-5-18-11(24)14(4,12(25)19-6-16-9(2)22)13(26)20-7-17-10(3)23;1-6(9(17)13-4-11-7(2)15)10(18)14-5-12-8(3)16;1-3-6(10)8-4-7-5(2)9;1-3-5-4(2)6/h7-15H2,1-6H3;19H,6-12H2,1-5H3;5-7H2,1-4H3,(H,15,21)(H,16,22)(H,17,23)(H,18,24)(H,19,25)(H,20,26);6H,4-5H2,1-3H3,(H,11,15)(H,12,16)(H,13,17)(H,14,18);3-4H2,1-2H3,(H,7,9)(H,8,10);3H2,1-2H3,(H,5,6). The molecular weight excluding hydrogens is 1620 g/mol. The smallest absolute Gasteiger partial charge is 0.246 e. The average Bonchev–Trinajstić information content (AvgIpc) is 0.657. The van der Waals surface area contributed by atoms with Crippen LogP contribution >= 0.6 is 0 Å². The predicted octanol–water partition coefficient (Wildman–Crippen LogP) is 3.66. The molecule has 40 heteroatoms. The molecule has 7 unspecified atom stereocenters. The molecule has 14 rings (SSSR count). The molecule has 0 saturated carbocycles. The van der Waals surface area contributed by atoms with E-state index in [9.17, 15) is 62.3 Å². The lowest BCUT2D eigenvalue weighted by atomic mass is 9.47. The third kappa shape index (κ3) is 21.9. The molecule has 40 nitrogen and oxygen atoms in total. The third-order valence-corrected chi connectivity index (χ3v) is 24.4. The Balaban J connectivity index is 0.000000184. The van der Waals surface area contributed by atoms with Gasteiger partial charge >= 0.3 is 0 Å². The molecule has 7 atom stereocenters. The van der Waals surface area contributed by atoms with E-state index >= 15 is 0 Å². The van der Waals surface area contributed by atoms with Crippen LogP contribution in [0.2, 0.25) is 0 Å². The van der Waals surface area contributed by atoms with Gasteiger partial charge in [0.25, 0.3) is 0 Å². The third-order valence-electron chi connectivity index (χ3n) is 24.4. The monoisotopic (exact) mass is 1750 g/mol. The highest BCUT2D eigenvalue weighted by atomic mass is 16.2. The Bertz CT molecular complexity index is 4640. The Morgan fingerprint density at radius 2 is 0.548 bits per heavy atom. The summed E-state index contributed by atoms with van der Waals surface area (Å²) < 4.78 is 0. The number of rotatable bonds is 30. The maximum Gasteiger partial charge on any atom is 0.246 e. The largest absolute Gasteiger partial charge is 0.357 e. The van der Waals surface area contributed by atoms with E-state index in [4.69, 9.17) is 69.9 Å². The first-order valence-electron chi connectivity index (χ1n) is 43.3. The van der Waals surface area contributed by atoms with Gasteiger partial charge in [-0.3, -0.25) is 132 Å². The topological polar surface area (TPSA) is 551 Å². The highest BCUT2D eigenvalue weighted by Crippen LogP contribution is 2.63. The minimum absolute atomic E-state index is 0.0303. The maximum absolute atomic E-state index is 12.4. The van der Waals surface area contributed by atoms with Crippen LogP contribution in [-0.4, -0.2) is 243 Å². The van der Waals surface area contributed by atoms with E-state index in [0.29, 0.717) is 6.42 Å². The maximum atomic E-state index is 12.4. The fourth-order valence-corrected chi connectivity index (χ4v) is 18.1. The number of nitrogens with one attached hydrogen (secondary N) is 13. The summed E-state index contributed by atoms with van der Waals surface area (Å²) in [5.41, 5.74) is 12.9. The van der Waals surface area contributed by atoms with E-state index in [-0.39, 0.29) is 126 Å². The fraction of sp³-hybridized carbons (Fsp3) is 0.686. The Morgan fingerprint density at radius 1 is 0.310 bits per heavy atom. The Kier molecular flexibility index (Phi) is 30.2. The Hall–Kier alpha value is -11.5. The minimum atomic E-state index is -2.21. The van der Waals surface area contributed by atoms with Gasteiger partial charge in [-0.25, -0.2) is 0 Å². The van der Waals surface area contributed by atoms with E-state index in [0.717, 1.165) is 116 Å². The van der Waals surface area contributed by atoms with Gasteiger partial charge in [0.05, 0.1) is 45.4 Å². The SMILES string of the molecule is CC(=O)NCNC(=O)C(C)(C(=O)NCNC(C)=O)C(=O)NCNC(C)=O.CC(=O)NCNC(=O)C(C)C(=O)NCNC(C)=O.CCC(=O)NCNC(C)=O.CCC1=NC2(C1)CC(C(C)(C)C(C1=NC3(CC(C)=N3)C1)(C1=NC3(CC(C)=N3)C1)C1=NC3(CC(C)=N3)C1)=N2.CCC1=NC2(C1)CC(C(C)(C)C(C1=NC3(CC(C)=N3)C1)C1=NC3(CC(C)=N3)C1)=N2.CCNC(C)=O. The van der Waals surface area contributed by atoms with Gasteiger partial charge < -0.3 is 69.1 Å². The number of aliphatic imine (C=N–C) groups is 14. The molecule has 0 aromatic rings. The van der Waals surface area contributed by atoms with Crippen LogP contribution < -0.4 is 69.1 Å². The molecule has 14 aliphatic heterocycles. The zero-order valence-corrected chi connectivity index (χ0v) is 77.2. The summed E-state index contributed by atoms with van der Waals surface area (Å²) >= 11 is 0. The van der Waals surface area contributed by atoms with Crippen LogP contribution in [0, 0.1) is 33.5 Å². The van der Waals surface area contributed by atoms with Crippen LogP contribution in [-0.2, 0) is 62.3 Å². The molecule has 0 saturated heterocycles. The van der Waals surface area contributed by atoms with Gasteiger partial charge in [0, 0.05) is 248 Å². The minimum Gasteiger partial charge on any atom is -0.357 e. The van der Waals surface area contributed by atoms with E-state index in [1.807, 2.05) is 6.92 Å². The second-order valence-electron chi connectivity index (χ2n) is 36.1. The molecule has 13 N–H and O–H groups in total. The highest BCUT2D eigenvalue weighted by molar-refractivity contribution is 6.36. The van der Waals surface area contributed by atoms with E-state index in [1.165, 1.54) is 135 Å². The van der Waals surface area contributed by atoms with Gasteiger partial charge in [0.2, 0.25) is 82.2 Å². The summed E-state index contributed by atoms with van der Waals surface area (Å²) in [6, 6.07) is 0. The lowest BCUT2D eigenvalue weighted by Gasteiger charge is -2.62. The van der Waals surface area contributed by atoms with Gasteiger partial charge in [-0.2, -0.15) is 0 Å². The number of nitrogens with zero attached hydrogens (tertiary/aromatic N) is 14. The van der Waals surface area contributed by atoms with Crippen molar-refractivity contribution in [3.8, 4) is 0 Å². The van der Waals surface area contributed by atoms with Gasteiger partial charge in [0.15, 0.2) is 39.6 Å². The molecule has 0 fully saturated rings. The van der Waals surface area contributed by atoms with Crippen molar-refractivity contribution in [2.24, 2.45) is 103 Å². The number of amides is 13. The molecule has 14 aliphatic rings.